The van der Waals surface area contributed by atoms with Gasteiger partial charge >= 0.3 is 0 Å². The van der Waals surface area contributed by atoms with Crippen LogP contribution in [0.2, 0.25) is 0 Å². The first-order valence-corrected chi connectivity index (χ1v) is 5.50. The molecule has 1 heterocycles. The summed E-state index contributed by atoms with van der Waals surface area (Å²) in [6.45, 7) is 10.4. The number of rotatable bonds is 4. The molecule has 0 radical (unpaired) electrons. The number of aryl methyl sites for hydroxylation is 1. The van der Waals surface area contributed by atoms with Gasteiger partial charge in [0, 0.05) is 5.54 Å². The Hall–Kier alpha value is -0.900. The smallest absolute Gasteiger partial charge is 0.243 e. The molecule has 0 aliphatic rings. The zero-order valence-corrected chi connectivity index (χ0v) is 10.3. The Morgan fingerprint density at radius 2 is 2.07 bits per heavy atom. The van der Waals surface area contributed by atoms with Crippen molar-refractivity contribution < 1.29 is 4.52 Å². The zero-order chi connectivity index (χ0) is 11.5. The lowest BCUT2D eigenvalue weighted by atomic mass is 10.0. The molecule has 0 aromatic carbocycles. The lowest BCUT2D eigenvalue weighted by molar-refractivity contribution is 0.274. The van der Waals surface area contributed by atoms with E-state index in [1.807, 2.05) is 6.92 Å². The molecule has 0 spiro atoms. The number of aromatic nitrogens is 2. The third-order valence-corrected chi connectivity index (χ3v) is 2.03. The fourth-order valence-electron chi connectivity index (χ4n) is 1.52. The molecule has 0 amide bonds. The summed E-state index contributed by atoms with van der Waals surface area (Å²) < 4.78 is 5.20. The van der Waals surface area contributed by atoms with E-state index in [1.165, 1.54) is 0 Å². The summed E-state index contributed by atoms with van der Waals surface area (Å²) in [5.41, 5.74) is 0.0577. The van der Waals surface area contributed by atoms with Crippen molar-refractivity contribution in [1.82, 2.24) is 15.5 Å². The minimum atomic E-state index is 0.0577. The molecule has 4 heteroatoms. The Kier molecular flexibility index (Phi) is 3.85. The van der Waals surface area contributed by atoms with Crippen LogP contribution in [0.25, 0.3) is 0 Å². The Morgan fingerprint density at radius 3 is 2.47 bits per heavy atom. The van der Waals surface area contributed by atoms with E-state index in [1.54, 1.807) is 0 Å². The first-order valence-electron chi connectivity index (χ1n) is 5.50. The monoisotopic (exact) mass is 211 g/mol. The van der Waals surface area contributed by atoms with Crippen molar-refractivity contribution in [3.8, 4) is 0 Å². The molecule has 1 atom stereocenters. The van der Waals surface area contributed by atoms with Gasteiger partial charge in [0.1, 0.15) is 0 Å². The van der Waals surface area contributed by atoms with Crippen molar-refractivity contribution in [2.45, 2.75) is 59.0 Å². The lowest BCUT2D eigenvalue weighted by Crippen LogP contribution is -2.39. The van der Waals surface area contributed by atoms with Crippen molar-refractivity contribution in [3.05, 3.63) is 11.7 Å². The van der Waals surface area contributed by atoms with E-state index in [2.05, 4.69) is 43.2 Å². The van der Waals surface area contributed by atoms with E-state index in [0.717, 1.165) is 12.8 Å². The summed E-state index contributed by atoms with van der Waals surface area (Å²) in [4.78, 5) is 4.27. The normalized spacial score (nSPS) is 14.2. The molecule has 0 fully saturated rings. The summed E-state index contributed by atoms with van der Waals surface area (Å²) in [5.74, 6) is 1.39. The zero-order valence-electron chi connectivity index (χ0n) is 10.3. The first kappa shape index (κ1) is 12.2. The third-order valence-electron chi connectivity index (χ3n) is 2.03. The highest BCUT2D eigenvalue weighted by Crippen LogP contribution is 2.19. The van der Waals surface area contributed by atoms with Gasteiger partial charge in [-0.15, -0.1) is 0 Å². The van der Waals surface area contributed by atoms with Crippen molar-refractivity contribution in [3.63, 3.8) is 0 Å². The van der Waals surface area contributed by atoms with Gasteiger partial charge in [0.25, 0.3) is 0 Å². The van der Waals surface area contributed by atoms with Gasteiger partial charge < -0.3 is 9.84 Å². The summed E-state index contributed by atoms with van der Waals surface area (Å²) >= 11 is 0. The van der Waals surface area contributed by atoms with Crippen LogP contribution in [0.1, 0.15) is 58.3 Å². The molecule has 1 rings (SSSR count). The molecular weight excluding hydrogens is 190 g/mol. The van der Waals surface area contributed by atoms with E-state index in [-0.39, 0.29) is 11.6 Å². The molecule has 1 aromatic heterocycles. The Bertz CT molecular complexity index is 301. The number of nitrogens with zero attached hydrogens (tertiary/aromatic N) is 2. The van der Waals surface area contributed by atoms with E-state index >= 15 is 0 Å². The SMILES string of the molecule is CCCC(NC(C)(C)C)c1nc(C)no1. The molecule has 86 valence electrons. The van der Waals surface area contributed by atoms with Gasteiger partial charge in [-0.05, 0) is 34.1 Å². The predicted octanol–water partition coefficient (Wildman–Crippen LogP) is 2.61. The minimum Gasteiger partial charge on any atom is -0.338 e. The molecular formula is C11H21N3O. The largest absolute Gasteiger partial charge is 0.338 e. The Morgan fingerprint density at radius 1 is 1.40 bits per heavy atom. The van der Waals surface area contributed by atoms with Gasteiger partial charge in [0.2, 0.25) is 5.89 Å². The van der Waals surface area contributed by atoms with Gasteiger partial charge in [-0.1, -0.05) is 18.5 Å². The van der Waals surface area contributed by atoms with Gasteiger partial charge in [-0.3, -0.25) is 0 Å². The summed E-state index contributed by atoms with van der Waals surface area (Å²) in [6, 6.07) is 0.163. The Labute approximate surface area is 91.5 Å². The molecule has 1 aromatic rings. The number of nitrogens with one attached hydrogen (secondary N) is 1. The van der Waals surface area contributed by atoms with Crippen LogP contribution in [-0.4, -0.2) is 15.7 Å². The quantitative estimate of drug-likeness (QED) is 0.831. The maximum atomic E-state index is 5.20. The molecule has 15 heavy (non-hydrogen) atoms. The summed E-state index contributed by atoms with van der Waals surface area (Å²) in [5, 5.41) is 7.31. The second-order valence-corrected chi connectivity index (χ2v) is 4.92. The van der Waals surface area contributed by atoms with Gasteiger partial charge in [-0.25, -0.2) is 0 Å². The van der Waals surface area contributed by atoms with Crippen LogP contribution in [0.15, 0.2) is 4.52 Å². The second kappa shape index (κ2) is 4.75. The average molecular weight is 211 g/mol. The van der Waals surface area contributed by atoms with Crippen LogP contribution in [0.5, 0.6) is 0 Å². The topological polar surface area (TPSA) is 51.0 Å². The highest BCUT2D eigenvalue weighted by atomic mass is 16.5. The molecule has 0 aliphatic carbocycles. The molecule has 0 saturated heterocycles. The van der Waals surface area contributed by atoms with E-state index in [9.17, 15) is 0 Å². The van der Waals surface area contributed by atoms with Gasteiger partial charge in [0.05, 0.1) is 6.04 Å². The van der Waals surface area contributed by atoms with E-state index < -0.39 is 0 Å². The fraction of sp³-hybridized carbons (Fsp3) is 0.818. The number of hydrogen-bond acceptors (Lipinski definition) is 4. The van der Waals surface area contributed by atoms with Gasteiger partial charge in [0.15, 0.2) is 5.82 Å². The van der Waals surface area contributed by atoms with Crippen molar-refractivity contribution in [2.24, 2.45) is 0 Å². The van der Waals surface area contributed by atoms with Crippen molar-refractivity contribution in [1.29, 1.82) is 0 Å². The summed E-state index contributed by atoms with van der Waals surface area (Å²) in [7, 11) is 0. The molecule has 1 N–H and O–H groups in total. The highest BCUT2D eigenvalue weighted by Gasteiger charge is 2.22. The van der Waals surface area contributed by atoms with Crippen LogP contribution >= 0.6 is 0 Å². The average Bonchev–Trinajstić information content (AvgIpc) is 2.48. The van der Waals surface area contributed by atoms with Crippen LogP contribution < -0.4 is 5.32 Å². The second-order valence-electron chi connectivity index (χ2n) is 4.92. The molecule has 0 aliphatic heterocycles. The van der Waals surface area contributed by atoms with Crippen LogP contribution in [-0.2, 0) is 0 Å². The molecule has 4 nitrogen and oxygen atoms in total. The predicted molar refractivity (Wildman–Crippen MR) is 59.6 cm³/mol. The molecule has 1 unspecified atom stereocenters. The first-order chi connectivity index (χ1) is 6.92. The van der Waals surface area contributed by atoms with E-state index in [0.29, 0.717) is 11.7 Å². The Balaban J connectivity index is 2.74. The number of hydrogen-bond donors (Lipinski definition) is 1. The maximum Gasteiger partial charge on any atom is 0.243 e. The molecule has 0 bridgehead atoms. The van der Waals surface area contributed by atoms with Crippen LogP contribution in [0, 0.1) is 6.92 Å². The van der Waals surface area contributed by atoms with Crippen LogP contribution in [0.4, 0.5) is 0 Å². The standard InChI is InChI=1S/C11H21N3O/c1-6-7-9(13-11(3,4)5)10-12-8(2)14-15-10/h9,13H,6-7H2,1-5H3. The fourth-order valence-corrected chi connectivity index (χ4v) is 1.52. The summed E-state index contributed by atoms with van der Waals surface area (Å²) in [6.07, 6.45) is 2.11. The van der Waals surface area contributed by atoms with Crippen LogP contribution in [0.3, 0.4) is 0 Å². The maximum absolute atomic E-state index is 5.20. The molecule has 0 saturated carbocycles. The van der Waals surface area contributed by atoms with Gasteiger partial charge in [-0.2, -0.15) is 4.98 Å². The minimum absolute atomic E-state index is 0.0577. The van der Waals surface area contributed by atoms with E-state index in [4.69, 9.17) is 4.52 Å². The van der Waals surface area contributed by atoms with Crippen molar-refractivity contribution >= 4 is 0 Å². The lowest BCUT2D eigenvalue weighted by Gasteiger charge is -2.26. The highest BCUT2D eigenvalue weighted by molar-refractivity contribution is 4.93. The van der Waals surface area contributed by atoms with Crippen molar-refractivity contribution in [2.75, 3.05) is 0 Å². The third kappa shape index (κ3) is 4.00.